The maximum atomic E-state index is 13.4. The summed E-state index contributed by atoms with van der Waals surface area (Å²) in [7, 11) is -3.51. The summed E-state index contributed by atoms with van der Waals surface area (Å²) in [5, 5.41) is 3.00. The van der Waals surface area contributed by atoms with Gasteiger partial charge in [0.25, 0.3) is 0 Å². The lowest BCUT2D eigenvalue weighted by atomic mass is 10.1. The van der Waals surface area contributed by atoms with Gasteiger partial charge in [-0.3, -0.25) is 13.9 Å². The molecule has 8 heteroatoms. The van der Waals surface area contributed by atoms with E-state index in [0.29, 0.717) is 25.1 Å². The highest BCUT2D eigenvalue weighted by atomic mass is 32.2. The molecule has 0 spiro atoms. The first-order valence-corrected chi connectivity index (χ1v) is 14.1. The van der Waals surface area contributed by atoms with E-state index in [4.69, 9.17) is 0 Å². The number of aryl methyl sites for hydroxylation is 1. The lowest BCUT2D eigenvalue weighted by molar-refractivity contribution is -0.141. The molecule has 2 unspecified atom stereocenters. The fourth-order valence-corrected chi connectivity index (χ4v) is 4.88. The Labute approximate surface area is 210 Å². The van der Waals surface area contributed by atoms with E-state index in [1.54, 1.807) is 11.0 Å². The molecule has 0 fully saturated rings. The molecule has 0 aromatic heterocycles. The molecule has 0 saturated carbocycles. The maximum absolute atomic E-state index is 13.4. The van der Waals surface area contributed by atoms with Crippen LogP contribution in [0.25, 0.3) is 0 Å². The van der Waals surface area contributed by atoms with Gasteiger partial charge in [-0.05, 0) is 56.4 Å². The highest BCUT2D eigenvalue weighted by Crippen LogP contribution is 2.20. The first-order valence-electron chi connectivity index (χ1n) is 12.2. The molecule has 2 aromatic rings. The number of nitrogens with zero attached hydrogens (tertiary/aromatic N) is 2. The SMILES string of the molecule is CCC(C)NC(=O)C(CC)N(Cc1ccccc1)C(=O)CCCN(c1cccc(C)c1)S(C)(=O)=O. The third-order valence-electron chi connectivity index (χ3n) is 6.02. The molecular formula is C27H39N3O4S. The summed E-state index contributed by atoms with van der Waals surface area (Å²) in [5.74, 6) is -0.332. The lowest BCUT2D eigenvalue weighted by Gasteiger charge is -2.32. The van der Waals surface area contributed by atoms with Crippen molar-refractivity contribution in [2.24, 2.45) is 0 Å². The number of carbonyl (C=O) groups excluding carboxylic acids is 2. The van der Waals surface area contributed by atoms with Crippen molar-refractivity contribution in [3.8, 4) is 0 Å². The summed E-state index contributed by atoms with van der Waals surface area (Å²) in [6, 6.07) is 16.3. The van der Waals surface area contributed by atoms with Crippen LogP contribution in [0.1, 0.15) is 57.6 Å². The van der Waals surface area contributed by atoms with Crippen LogP contribution in [0.5, 0.6) is 0 Å². The van der Waals surface area contributed by atoms with Crippen LogP contribution >= 0.6 is 0 Å². The first kappa shape index (κ1) is 28.4. The Kier molecular flexibility index (Phi) is 10.8. The molecule has 7 nitrogen and oxygen atoms in total. The molecular weight excluding hydrogens is 462 g/mol. The minimum absolute atomic E-state index is 0.0166. The highest BCUT2D eigenvalue weighted by molar-refractivity contribution is 7.92. The Morgan fingerprint density at radius 3 is 2.26 bits per heavy atom. The zero-order chi connectivity index (χ0) is 26.0. The predicted molar refractivity (Wildman–Crippen MR) is 142 cm³/mol. The third kappa shape index (κ3) is 8.69. The molecule has 0 aliphatic carbocycles. The van der Waals surface area contributed by atoms with Crippen molar-refractivity contribution in [3.05, 3.63) is 65.7 Å². The van der Waals surface area contributed by atoms with Gasteiger partial charge < -0.3 is 10.2 Å². The molecule has 2 atom stereocenters. The van der Waals surface area contributed by atoms with Gasteiger partial charge in [0.15, 0.2) is 0 Å². The fourth-order valence-electron chi connectivity index (χ4n) is 3.93. The van der Waals surface area contributed by atoms with Crippen LogP contribution in [-0.2, 0) is 26.2 Å². The van der Waals surface area contributed by atoms with E-state index in [0.717, 1.165) is 17.5 Å². The van der Waals surface area contributed by atoms with E-state index in [-0.39, 0.29) is 30.8 Å². The number of anilines is 1. The van der Waals surface area contributed by atoms with Crippen molar-refractivity contribution in [2.45, 2.75) is 72.0 Å². The Bertz CT molecular complexity index is 1070. The minimum atomic E-state index is -3.51. The smallest absolute Gasteiger partial charge is 0.243 e. The largest absolute Gasteiger partial charge is 0.352 e. The van der Waals surface area contributed by atoms with E-state index >= 15 is 0 Å². The van der Waals surface area contributed by atoms with Gasteiger partial charge in [0.2, 0.25) is 21.8 Å². The highest BCUT2D eigenvalue weighted by Gasteiger charge is 2.29. The molecule has 1 N–H and O–H groups in total. The number of sulfonamides is 1. The average molecular weight is 502 g/mol. The normalized spacial score (nSPS) is 13.1. The maximum Gasteiger partial charge on any atom is 0.243 e. The van der Waals surface area contributed by atoms with Crippen LogP contribution in [0.15, 0.2) is 54.6 Å². The summed E-state index contributed by atoms with van der Waals surface area (Å²) in [6.07, 6.45) is 2.94. The second kappa shape index (κ2) is 13.3. The number of hydrogen-bond donors (Lipinski definition) is 1. The topological polar surface area (TPSA) is 86.8 Å². The Morgan fingerprint density at radius 2 is 1.69 bits per heavy atom. The van der Waals surface area contributed by atoms with Crippen LogP contribution in [0, 0.1) is 6.92 Å². The zero-order valence-electron chi connectivity index (χ0n) is 21.5. The molecule has 2 aromatic carbocycles. The number of nitrogens with one attached hydrogen (secondary N) is 1. The molecule has 0 radical (unpaired) electrons. The van der Waals surface area contributed by atoms with E-state index in [2.05, 4.69) is 5.32 Å². The number of rotatable bonds is 13. The van der Waals surface area contributed by atoms with Crippen molar-refractivity contribution in [1.29, 1.82) is 0 Å². The van der Waals surface area contributed by atoms with Crippen LogP contribution < -0.4 is 9.62 Å². The number of amides is 2. The fraction of sp³-hybridized carbons (Fsp3) is 0.481. The molecule has 2 rings (SSSR count). The van der Waals surface area contributed by atoms with Crippen molar-refractivity contribution in [3.63, 3.8) is 0 Å². The van der Waals surface area contributed by atoms with E-state index in [9.17, 15) is 18.0 Å². The first-order chi connectivity index (χ1) is 16.6. The minimum Gasteiger partial charge on any atom is -0.352 e. The molecule has 192 valence electrons. The van der Waals surface area contributed by atoms with Gasteiger partial charge >= 0.3 is 0 Å². The summed E-state index contributed by atoms with van der Waals surface area (Å²) < 4.78 is 26.2. The zero-order valence-corrected chi connectivity index (χ0v) is 22.3. The molecule has 0 saturated heterocycles. The van der Waals surface area contributed by atoms with E-state index in [1.807, 2.05) is 76.2 Å². The van der Waals surface area contributed by atoms with Gasteiger partial charge in [-0.15, -0.1) is 0 Å². The van der Waals surface area contributed by atoms with Gasteiger partial charge in [0.1, 0.15) is 6.04 Å². The number of carbonyl (C=O) groups is 2. The summed E-state index contributed by atoms with van der Waals surface area (Å²) >= 11 is 0. The van der Waals surface area contributed by atoms with Gasteiger partial charge in [0, 0.05) is 25.6 Å². The standard InChI is InChI=1S/C27H39N3O4S/c1-6-22(4)28-27(32)25(7-2)29(20-23-14-9-8-10-15-23)26(31)17-12-18-30(35(5,33)34)24-16-11-13-21(3)19-24/h8-11,13-16,19,22,25H,6-7,12,17-18,20H2,1-5H3,(H,28,32). The van der Waals surface area contributed by atoms with E-state index in [1.165, 1.54) is 10.6 Å². The van der Waals surface area contributed by atoms with Gasteiger partial charge in [0.05, 0.1) is 11.9 Å². The Balaban J connectivity index is 2.19. The molecule has 2 amide bonds. The van der Waals surface area contributed by atoms with Crippen molar-refractivity contribution < 1.29 is 18.0 Å². The predicted octanol–water partition coefficient (Wildman–Crippen LogP) is 4.26. The number of benzene rings is 2. The second-order valence-corrected chi connectivity index (χ2v) is 10.9. The van der Waals surface area contributed by atoms with Crippen molar-refractivity contribution in [2.75, 3.05) is 17.1 Å². The molecule has 0 heterocycles. The molecule has 35 heavy (non-hydrogen) atoms. The molecule has 0 aliphatic heterocycles. The summed E-state index contributed by atoms with van der Waals surface area (Å²) in [4.78, 5) is 28.1. The lowest BCUT2D eigenvalue weighted by Crippen LogP contribution is -2.50. The van der Waals surface area contributed by atoms with Crippen molar-refractivity contribution >= 4 is 27.5 Å². The Morgan fingerprint density at radius 1 is 1.00 bits per heavy atom. The average Bonchev–Trinajstić information content (AvgIpc) is 2.81. The van der Waals surface area contributed by atoms with Gasteiger partial charge in [-0.25, -0.2) is 8.42 Å². The Hall–Kier alpha value is -2.87. The van der Waals surface area contributed by atoms with Crippen LogP contribution in [0.2, 0.25) is 0 Å². The summed E-state index contributed by atoms with van der Waals surface area (Å²) in [6.45, 7) is 8.25. The quantitative estimate of drug-likeness (QED) is 0.444. The van der Waals surface area contributed by atoms with Gasteiger partial charge in [-0.2, -0.15) is 0 Å². The second-order valence-electron chi connectivity index (χ2n) is 9.03. The van der Waals surface area contributed by atoms with E-state index < -0.39 is 16.1 Å². The molecule has 0 bridgehead atoms. The molecule has 0 aliphatic rings. The third-order valence-corrected chi connectivity index (χ3v) is 7.22. The van der Waals surface area contributed by atoms with Crippen LogP contribution in [0.3, 0.4) is 0 Å². The summed E-state index contributed by atoms with van der Waals surface area (Å²) in [5.41, 5.74) is 2.48. The van der Waals surface area contributed by atoms with Crippen molar-refractivity contribution in [1.82, 2.24) is 10.2 Å². The van der Waals surface area contributed by atoms with Crippen LogP contribution in [-0.4, -0.2) is 50.0 Å². The van der Waals surface area contributed by atoms with Crippen LogP contribution in [0.4, 0.5) is 5.69 Å². The number of hydrogen-bond acceptors (Lipinski definition) is 4. The van der Waals surface area contributed by atoms with Gasteiger partial charge in [-0.1, -0.05) is 56.3 Å². The monoisotopic (exact) mass is 501 g/mol.